The van der Waals surface area contributed by atoms with Gasteiger partial charge >= 0.3 is 12.4 Å². The van der Waals surface area contributed by atoms with E-state index in [9.17, 15) is 49.8 Å². The van der Waals surface area contributed by atoms with Crippen LogP contribution in [0.3, 0.4) is 0 Å². The van der Waals surface area contributed by atoms with E-state index in [1.165, 1.54) is 24.1 Å². The molecule has 45 heavy (non-hydrogen) atoms. The smallest absolute Gasteiger partial charge is 0.451 e. The number of rotatable bonds is 5. The van der Waals surface area contributed by atoms with Gasteiger partial charge in [0.1, 0.15) is 17.0 Å². The second kappa shape index (κ2) is 11.5. The molecule has 2 aromatic heterocycles. The minimum atomic E-state index is -5.08. The van der Waals surface area contributed by atoms with Gasteiger partial charge in [0.15, 0.2) is 11.6 Å². The van der Waals surface area contributed by atoms with Crippen LogP contribution in [-0.4, -0.2) is 54.0 Å². The molecule has 18 heteroatoms. The number of hydrazine groups is 1. The van der Waals surface area contributed by atoms with Crippen molar-refractivity contribution in [2.24, 2.45) is 0 Å². The van der Waals surface area contributed by atoms with Crippen LogP contribution < -0.4 is 5.32 Å². The lowest BCUT2D eigenvalue weighted by atomic mass is 9.90. The van der Waals surface area contributed by atoms with Crippen LogP contribution in [0.1, 0.15) is 36.8 Å². The predicted molar refractivity (Wildman–Crippen MR) is 148 cm³/mol. The highest BCUT2D eigenvalue weighted by atomic mass is 127. The molecule has 0 saturated carbocycles. The van der Waals surface area contributed by atoms with Crippen molar-refractivity contribution in [3.63, 3.8) is 0 Å². The highest BCUT2D eigenvalue weighted by Crippen LogP contribution is 2.42. The second-order valence-corrected chi connectivity index (χ2v) is 11.4. The van der Waals surface area contributed by atoms with Gasteiger partial charge < -0.3 is 10.4 Å². The molecule has 2 aliphatic rings. The summed E-state index contributed by atoms with van der Waals surface area (Å²) in [5.74, 6) is -7.19. The Morgan fingerprint density at radius 3 is 2.38 bits per heavy atom. The maximum atomic E-state index is 14.8. The number of anilines is 1. The fraction of sp³-hybridized carbons (Fsp3) is 0.296. The van der Waals surface area contributed by atoms with E-state index in [4.69, 9.17) is 0 Å². The molecule has 4 heterocycles. The molecular weight excluding hydrogens is 735 g/mol. The Labute approximate surface area is 262 Å². The molecule has 0 aliphatic carbocycles. The summed E-state index contributed by atoms with van der Waals surface area (Å²) in [6.45, 7) is 1.17. The molecule has 9 nitrogen and oxygen atoms in total. The van der Waals surface area contributed by atoms with E-state index in [0.717, 1.165) is 11.1 Å². The van der Waals surface area contributed by atoms with Crippen molar-refractivity contribution in [2.75, 3.05) is 11.9 Å². The average molecular weight is 754 g/mol. The van der Waals surface area contributed by atoms with Crippen molar-refractivity contribution in [2.45, 2.75) is 44.2 Å². The highest BCUT2D eigenvalue weighted by molar-refractivity contribution is 14.1. The molecule has 5 rings (SSSR count). The summed E-state index contributed by atoms with van der Waals surface area (Å²) in [4.78, 5) is 37.0. The van der Waals surface area contributed by atoms with Gasteiger partial charge in [-0.05, 0) is 60.6 Å². The number of halogens is 9. The van der Waals surface area contributed by atoms with E-state index in [1.807, 2.05) is 0 Å². The van der Waals surface area contributed by atoms with Crippen LogP contribution in [-0.2, 0) is 28.5 Å². The average Bonchev–Trinajstić information content (AvgIpc) is 3.37. The second-order valence-electron chi connectivity index (χ2n) is 10.3. The Balaban J connectivity index is 1.54. The molecule has 0 spiro atoms. The third kappa shape index (κ3) is 5.91. The van der Waals surface area contributed by atoms with Crippen LogP contribution in [0, 0.1) is 15.2 Å². The monoisotopic (exact) mass is 754 g/mol. The third-order valence-corrected chi connectivity index (χ3v) is 8.20. The minimum absolute atomic E-state index is 0.0137. The number of nitrogens with zero attached hydrogens (tertiary/aromatic N) is 5. The first kappa shape index (κ1) is 32.5. The minimum Gasteiger partial charge on any atom is -0.509 e. The highest BCUT2D eigenvalue weighted by Gasteiger charge is 2.53. The first-order chi connectivity index (χ1) is 20.9. The number of benzene rings is 1. The van der Waals surface area contributed by atoms with Crippen LogP contribution in [0.15, 0.2) is 48.0 Å². The van der Waals surface area contributed by atoms with Gasteiger partial charge in [-0.1, -0.05) is 6.07 Å². The van der Waals surface area contributed by atoms with Gasteiger partial charge in [0.2, 0.25) is 5.82 Å². The van der Waals surface area contributed by atoms with Crippen molar-refractivity contribution >= 4 is 40.1 Å². The Hall–Kier alpha value is -3.94. The molecule has 2 aliphatic heterocycles. The Bertz CT molecular complexity index is 1730. The molecule has 0 radical (unpaired) electrons. The Kier molecular flexibility index (Phi) is 8.26. The zero-order chi connectivity index (χ0) is 33.1. The third-order valence-electron chi connectivity index (χ3n) is 7.37. The summed E-state index contributed by atoms with van der Waals surface area (Å²) in [6, 6.07) is 3.82. The van der Waals surface area contributed by atoms with Crippen molar-refractivity contribution in [1.29, 1.82) is 0 Å². The summed E-state index contributed by atoms with van der Waals surface area (Å²) in [5.41, 5.74) is -5.38. The molecule has 1 unspecified atom stereocenters. The number of aromatic nitrogens is 3. The van der Waals surface area contributed by atoms with E-state index in [1.54, 1.807) is 22.6 Å². The van der Waals surface area contributed by atoms with E-state index < -0.39 is 82.1 Å². The summed E-state index contributed by atoms with van der Waals surface area (Å²) in [5, 5.41) is 15.7. The molecule has 1 atom stereocenters. The van der Waals surface area contributed by atoms with Gasteiger partial charge in [-0.2, -0.15) is 26.3 Å². The first-order valence-corrected chi connectivity index (χ1v) is 14.0. The van der Waals surface area contributed by atoms with Crippen molar-refractivity contribution in [3.8, 4) is 11.3 Å². The number of aliphatic hydroxyl groups is 1. The number of hydrogen-bond acceptors (Lipinski definition) is 7. The lowest BCUT2D eigenvalue weighted by Crippen LogP contribution is -2.60. The van der Waals surface area contributed by atoms with E-state index >= 15 is 0 Å². The van der Waals surface area contributed by atoms with Crippen LogP contribution >= 0.6 is 22.6 Å². The normalized spacial score (nSPS) is 19.2. The number of aliphatic hydroxyl groups excluding tert-OH is 1. The topological polar surface area (TPSA) is 112 Å². The Morgan fingerprint density at radius 1 is 1.04 bits per heavy atom. The quantitative estimate of drug-likeness (QED) is 0.142. The van der Waals surface area contributed by atoms with Crippen molar-refractivity contribution in [3.05, 3.63) is 80.3 Å². The SMILES string of the molecule is CC12CCCN1N(Cc1ccc(I)c(F)c1F)C(=O)C(C(=O)Nc1cnc(C(F)(F)F)nc1-c1ccc(C(F)(F)F)nc1)=C2O. The number of hydrogen-bond donors (Lipinski definition) is 2. The molecule has 2 N–H and O–H groups in total. The number of amides is 2. The lowest BCUT2D eigenvalue weighted by molar-refractivity contribution is -0.160. The van der Waals surface area contributed by atoms with Crippen LogP contribution in [0.5, 0.6) is 0 Å². The summed E-state index contributed by atoms with van der Waals surface area (Å²) >= 11 is 1.59. The zero-order valence-corrected chi connectivity index (χ0v) is 24.9. The molecule has 1 aromatic carbocycles. The Morgan fingerprint density at radius 2 is 1.76 bits per heavy atom. The zero-order valence-electron chi connectivity index (χ0n) is 22.7. The molecule has 1 fully saturated rings. The van der Waals surface area contributed by atoms with Gasteiger partial charge in [-0.15, -0.1) is 0 Å². The molecule has 1 saturated heterocycles. The standard InChI is InChI=1S/C27H19F8IN6O3/c1-25-7-2-8-42(25)41(11-13-3-5-14(36)19(29)18(13)28)23(45)17(21(25)43)22(44)39-15-10-38-24(27(33,34)35)40-20(15)12-4-6-16(37-9-12)26(30,31)32/h3-6,9-10,43H,2,7-8,11H2,1H3,(H,39,44). The lowest BCUT2D eigenvalue weighted by Gasteiger charge is -2.46. The summed E-state index contributed by atoms with van der Waals surface area (Å²) < 4.78 is 108. The number of alkyl halides is 6. The van der Waals surface area contributed by atoms with Gasteiger partial charge in [0, 0.05) is 23.9 Å². The number of nitrogens with one attached hydrogen (secondary N) is 1. The number of carbonyl (C=O) groups is 2. The molecule has 0 bridgehead atoms. The van der Waals surface area contributed by atoms with Gasteiger partial charge in [0.05, 0.1) is 33.2 Å². The van der Waals surface area contributed by atoms with Gasteiger partial charge in [-0.25, -0.2) is 23.8 Å². The van der Waals surface area contributed by atoms with Crippen LogP contribution in [0.4, 0.5) is 40.8 Å². The summed E-state index contributed by atoms with van der Waals surface area (Å²) in [7, 11) is 0. The largest absolute Gasteiger partial charge is 0.509 e. The fourth-order valence-corrected chi connectivity index (χ4v) is 5.53. The van der Waals surface area contributed by atoms with E-state index in [2.05, 4.69) is 20.3 Å². The fourth-order valence-electron chi connectivity index (χ4n) is 5.11. The van der Waals surface area contributed by atoms with Gasteiger partial charge in [-0.3, -0.25) is 19.6 Å². The molecule has 2 amide bonds. The van der Waals surface area contributed by atoms with E-state index in [-0.39, 0.29) is 27.7 Å². The van der Waals surface area contributed by atoms with Crippen LogP contribution in [0.2, 0.25) is 0 Å². The van der Waals surface area contributed by atoms with Crippen molar-refractivity contribution in [1.82, 2.24) is 25.0 Å². The maximum Gasteiger partial charge on any atom is 0.451 e. The van der Waals surface area contributed by atoms with E-state index in [0.29, 0.717) is 24.9 Å². The van der Waals surface area contributed by atoms with Crippen molar-refractivity contribution < 1.29 is 49.8 Å². The number of fused-ring (bicyclic) bond motifs is 1. The first-order valence-electron chi connectivity index (χ1n) is 12.9. The molecular formula is C27H19F8IN6O3. The molecule has 238 valence electrons. The number of carbonyl (C=O) groups excluding carboxylic acids is 2. The molecule has 3 aromatic rings. The number of pyridine rings is 1. The van der Waals surface area contributed by atoms with Crippen LogP contribution in [0.25, 0.3) is 11.3 Å². The van der Waals surface area contributed by atoms with Gasteiger partial charge in [0.25, 0.3) is 11.8 Å². The maximum absolute atomic E-state index is 14.8. The predicted octanol–water partition coefficient (Wildman–Crippen LogP) is 6.02. The summed E-state index contributed by atoms with van der Waals surface area (Å²) in [6.07, 6.45) is -8.14.